The van der Waals surface area contributed by atoms with Gasteiger partial charge in [0.05, 0.1) is 18.4 Å². The minimum atomic E-state index is -3.84. The lowest BCUT2D eigenvalue weighted by Crippen LogP contribution is -2.14. The van der Waals surface area contributed by atoms with Gasteiger partial charge in [-0.3, -0.25) is 9.71 Å². The monoisotopic (exact) mass is 472 g/mol. The van der Waals surface area contributed by atoms with Gasteiger partial charge in [0, 0.05) is 6.20 Å². The molecule has 7 nitrogen and oxygen atoms in total. The van der Waals surface area contributed by atoms with Gasteiger partial charge in [-0.25, -0.2) is 8.42 Å². The average molecular weight is 473 g/mol. The summed E-state index contributed by atoms with van der Waals surface area (Å²) >= 11 is 0. The highest BCUT2D eigenvalue weighted by Gasteiger charge is 2.20. The fourth-order valence-electron chi connectivity index (χ4n) is 3.21. The van der Waals surface area contributed by atoms with E-state index in [9.17, 15) is 8.42 Å². The number of anilines is 1. The second-order valence-corrected chi connectivity index (χ2v) is 9.38. The third-order valence-corrected chi connectivity index (χ3v) is 6.41. The largest absolute Gasteiger partial charge is 0.456 e. The fourth-order valence-corrected chi connectivity index (χ4v) is 4.56. The standard InChI is InChI=1S/C26H24N4O3S/c1-19-9-14-25(26(16-19)34(31,32)30-24-8-4-3-6-20(24)2)29-28-17-21-10-12-22(13-11-21)33-23-7-5-15-27-18-23/h3-16,18,30H,17H2,1-2H3. The maximum atomic E-state index is 13.1. The third kappa shape index (κ3) is 5.85. The first kappa shape index (κ1) is 23.1. The minimum Gasteiger partial charge on any atom is -0.456 e. The Balaban J connectivity index is 1.49. The van der Waals surface area contributed by atoms with Crippen LogP contribution in [0.25, 0.3) is 0 Å². The zero-order chi connectivity index (χ0) is 24.0. The van der Waals surface area contributed by atoms with E-state index in [1.54, 1.807) is 42.7 Å². The first-order valence-corrected chi connectivity index (χ1v) is 12.1. The molecule has 0 aliphatic heterocycles. The fraction of sp³-hybridized carbons (Fsp3) is 0.115. The number of nitrogens with zero attached hydrogens (tertiary/aromatic N) is 3. The molecule has 0 fully saturated rings. The Hall–Kier alpha value is -4.04. The van der Waals surface area contributed by atoms with Crippen LogP contribution in [0.4, 0.5) is 11.4 Å². The van der Waals surface area contributed by atoms with E-state index in [1.165, 1.54) is 0 Å². The maximum Gasteiger partial charge on any atom is 0.264 e. The number of hydrogen-bond acceptors (Lipinski definition) is 6. The molecular formula is C26H24N4O3S. The van der Waals surface area contributed by atoms with Gasteiger partial charge in [0.2, 0.25) is 0 Å². The van der Waals surface area contributed by atoms with E-state index in [0.29, 0.717) is 23.7 Å². The zero-order valence-electron chi connectivity index (χ0n) is 18.8. The number of rotatable bonds is 8. The number of benzene rings is 3. The van der Waals surface area contributed by atoms with Gasteiger partial charge in [0.15, 0.2) is 0 Å². The maximum absolute atomic E-state index is 13.1. The zero-order valence-corrected chi connectivity index (χ0v) is 19.7. The number of azo groups is 1. The molecular weight excluding hydrogens is 448 g/mol. The smallest absolute Gasteiger partial charge is 0.264 e. The lowest BCUT2D eigenvalue weighted by molar-refractivity contribution is 0.480. The molecule has 0 saturated heterocycles. The molecule has 0 spiro atoms. The highest BCUT2D eigenvalue weighted by atomic mass is 32.2. The molecule has 1 heterocycles. The second-order valence-electron chi connectivity index (χ2n) is 7.73. The Bertz CT molecular complexity index is 1400. The minimum absolute atomic E-state index is 0.0831. The summed E-state index contributed by atoms with van der Waals surface area (Å²) in [6, 6.07) is 23.4. The number of ether oxygens (including phenoxy) is 1. The molecule has 0 atom stereocenters. The van der Waals surface area contributed by atoms with Crippen molar-refractivity contribution in [1.29, 1.82) is 0 Å². The predicted molar refractivity (Wildman–Crippen MR) is 132 cm³/mol. The molecule has 0 aliphatic rings. The molecule has 172 valence electrons. The molecule has 0 unspecified atom stereocenters. The summed E-state index contributed by atoms with van der Waals surface area (Å²) in [4.78, 5) is 4.11. The molecule has 0 saturated carbocycles. The number of aryl methyl sites for hydroxylation is 2. The summed E-state index contributed by atoms with van der Waals surface area (Å²) in [5, 5.41) is 8.47. The normalized spacial score (nSPS) is 11.5. The van der Waals surface area contributed by atoms with Crippen molar-refractivity contribution >= 4 is 21.4 Å². The second kappa shape index (κ2) is 10.3. The van der Waals surface area contributed by atoms with E-state index < -0.39 is 10.0 Å². The van der Waals surface area contributed by atoms with Crippen LogP contribution in [0.3, 0.4) is 0 Å². The summed E-state index contributed by atoms with van der Waals surface area (Å²) in [6.07, 6.45) is 3.33. The Kier molecular flexibility index (Phi) is 6.98. The molecule has 0 amide bonds. The van der Waals surface area contributed by atoms with E-state index in [0.717, 1.165) is 16.7 Å². The van der Waals surface area contributed by atoms with Crippen molar-refractivity contribution in [3.63, 3.8) is 0 Å². The molecule has 3 aromatic carbocycles. The third-order valence-electron chi connectivity index (χ3n) is 5.02. The van der Waals surface area contributed by atoms with E-state index in [1.807, 2.05) is 62.4 Å². The highest BCUT2D eigenvalue weighted by molar-refractivity contribution is 7.92. The van der Waals surface area contributed by atoms with E-state index in [-0.39, 0.29) is 10.6 Å². The van der Waals surface area contributed by atoms with Gasteiger partial charge in [-0.15, -0.1) is 0 Å². The lowest BCUT2D eigenvalue weighted by atomic mass is 10.2. The Labute approximate surface area is 199 Å². The van der Waals surface area contributed by atoms with Crippen molar-refractivity contribution in [1.82, 2.24) is 4.98 Å². The molecule has 0 bridgehead atoms. The summed E-state index contributed by atoms with van der Waals surface area (Å²) in [6.45, 7) is 3.98. The van der Waals surface area contributed by atoms with Gasteiger partial charge in [-0.2, -0.15) is 10.2 Å². The van der Waals surface area contributed by atoms with Crippen molar-refractivity contribution in [2.45, 2.75) is 25.3 Å². The number of para-hydroxylation sites is 1. The highest BCUT2D eigenvalue weighted by Crippen LogP contribution is 2.29. The molecule has 4 aromatic rings. The van der Waals surface area contributed by atoms with Crippen LogP contribution in [0, 0.1) is 13.8 Å². The van der Waals surface area contributed by atoms with Crippen LogP contribution in [0.5, 0.6) is 11.5 Å². The molecule has 4 rings (SSSR count). The Morgan fingerprint density at radius 3 is 2.44 bits per heavy atom. The Morgan fingerprint density at radius 1 is 0.912 bits per heavy atom. The van der Waals surface area contributed by atoms with Crippen LogP contribution >= 0.6 is 0 Å². The van der Waals surface area contributed by atoms with Crippen LogP contribution in [0.1, 0.15) is 16.7 Å². The molecule has 0 aliphatic carbocycles. The predicted octanol–water partition coefficient (Wildman–Crippen LogP) is 6.58. The van der Waals surface area contributed by atoms with Crippen LogP contribution in [0.2, 0.25) is 0 Å². The number of sulfonamides is 1. The van der Waals surface area contributed by atoms with E-state index in [2.05, 4.69) is 19.9 Å². The SMILES string of the molecule is Cc1ccc(N=NCc2ccc(Oc3cccnc3)cc2)c(S(=O)(=O)Nc2ccccc2C)c1. The molecule has 1 N–H and O–H groups in total. The number of pyridine rings is 1. The van der Waals surface area contributed by atoms with Crippen molar-refractivity contribution < 1.29 is 13.2 Å². The van der Waals surface area contributed by atoms with Crippen LogP contribution < -0.4 is 9.46 Å². The van der Waals surface area contributed by atoms with Gasteiger partial charge in [-0.05, 0) is 73.0 Å². The number of nitrogens with one attached hydrogen (secondary N) is 1. The van der Waals surface area contributed by atoms with Gasteiger partial charge >= 0.3 is 0 Å². The van der Waals surface area contributed by atoms with Gasteiger partial charge in [-0.1, -0.05) is 36.4 Å². The number of aromatic nitrogens is 1. The topological polar surface area (TPSA) is 93.0 Å². The van der Waals surface area contributed by atoms with Gasteiger partial charge in [0.25, 0.3) is 10.0 Å². The van der Waals surface area contributed by atoms with Crippen molar-refractivity contribution in [2.75, 3.05) is 4.72 Å². The van der Waals surface area contributed by atoms with Crippen molar-refractivity contribution in [3.8, 4) is 11.5 Å². The van der Waals surface area contributed by atoms with Crippen LogP contribution in [-0.2, 0) is 16.6 Å². The molecule has 1 aromatic heterocycles. The van der Waals surface area contributed by atoms with Gasteiger partial charge < -0.3 is 4.74 Å². The number of hydrogen-bond donors (Lipinski definition) is 1. The van der Waals surface area contributed by atoms with E-state index >= 15 is 0 Å². The summed E-state index contributed by atoms with van der Waals surface area (Å²) in [5.41, 5.74) is 3.37. The molecule has 0 radical (unpaired) electrons. The first-order valence-electron chi connectivity index (χ1n) is 10.6. The van der Waals surface area contributed by atoms with Gasteiger partial charge in [0.1, 0.15) is 22.1 Å². The Morgan fingerprint density at radius 2 is 1.71 bits per heavy atom. The lowest BCUT2D eigenvalue weighted by Gasteiger charge is -2.12. The first-order chi connectivity index (χ1) is 16.4. The summed E-state index contributed by atoms with van der Waals surface area (Å²) in [5.74, 6) is 1.34. The van der Waals surface area contributed by atoms with Crippen LogP contribution in [0.15, 0.2) is 106 Å². The van der Waals surface area contributed by atoms with Crippen molar-refractivity contribution in [2.24, 2.45) is 10.2 Å². The van der Waals surface area contributed by atoms with E-state index in [4.69, 9.17) is 4.74 Å². The summed E-state index contributed by atoms with van der Waals surface area (Å²) < 4.78 is 34.6. The quantitative estimate of drug-likeness (QED) is 0.293. The van der Waals surface area contributed by atoms with Crippen LogP contribution in [-0.4, -0.2) is 13.4 Å². The molecule has 8 heteroatoms. The summed E-state index contributed by atoms with van der Waals surface area (Å²) in [7, 11) is -3.84. The van der Waals surface area contributed by atoms with Crippen molar-refractivity contribution in [3.05, 3.63) is 108 Å². The molecule has 34 heavy (non-hydrogen) atoms. The average Bonchev–Trinajstić information content (AvgIpc) is 2.83.